The summed E-state index contributed by atoms with van der Waals surface area (Å²) < 4.78 is 0. The molecule has 0 heterocycles. The van der Waals surface area contributed by atoms with Crippen molar-refractivity contribution in [3.05, 3.63) is 29.8 Å². The third-order valence-corrected chi connectivity index (χ3v) is 3.44. The largest absolute Gasteiger partial charge is 0.508 e. The molecule has 5 heteroatoms. The summed E-state index contributed by atoms with van der Waals surface area (Å²) in [5.74, 6) is 0.109. The summed E-state index contributed by atoms with van der Waals surface area (Å²) in [5, 5.41) is 17.9. The molecule has 1 aromatic rings. The summed E-state index contributed by atoms with van der Waals surface area (Å²) in [7, 11) is 0. The molecular formula is C15H19N3O2. The van der Waals surface area contributed by atoms with Crippen LogP contribution in [0.15, 0.2) is 24.3 Å². The summed E-state index contributed by atoms with van der Waals surface area (Å²) in [5.41, 5.74) is 6.91. The lowest BCUT2D eigenvalue weighted by atomic mass is 10.1. The Hall–Kier alpha value is -2.06. The van der Waals surface area contributed by atoms with Crippen molar-refractivity contribution in [3.63, 3.8) is 0 Å². The summed E-state index contributed by atoms with van der Waals surface area (Å²) in [6, 6.07) is 8.43. The number of hydrogen-bond acceptors (Lipinski definition) is 4. The first-order valence-electron chi connectivity index (χ1n) is 6.82. The number of phenolic OH excluding ortho intramolecular Hbond substituents is 1. The van der Waals surface area contributed by atoms with Gasteiger partial charge in [0.1, 0.15) is 5.75 Å². The minimum Gasteiger partial charge on any atom is -0.508 e. The van der Waals surface area contributed by atoms with Crippen LogP contribution in [-0.4, -0.2) is 34.5 Å². The summed E-state index contributed by atoms with van der Waals surface area (Å²) in [4.78, 5) is 14.1. The van der Waals surface area contributed by atoms with Crippen molar-refractivity contribution in [3.8, 4) is 11.8 Å². The molecule has 0 aliphatic heterocycles. The highest BCUT2D eigenvalue weighted by Crippen LogP contribution is 2.27. The van der Waals surface area contributed by atoms with Crippen LogP contribution in [0.1, 0.15) is 24.8 Å². The lowest BCUT2D eigenvalue weighted by molar-refractivity contribution is -0.133. The molecule has 0 saturated heterocycles. The lowest BCUT2D eigenvalue weighted by Crippen LogP contribution is -2.46. The summed E-state index contributed by atoms with van der Waals surface area (Å²) in [6.45, 7) is 0.462. The zero-order valence-corrected chi connectivity index (χ0v) is 11.3. The van der Waals surface area contributed by atoms with E-state index < -0.39 is 6.04 Å². The number of nitrogens with zero attached hydrogens (tertiary/aromatic N) is 2. The first kappa shape index (κ1) is 14.4. The summed E-state index contributed by atoms with van der Waals surface area (Å²) in [6.07, 6.45) is 2.79. The quantitative estimate of drug-likeness (QED) is 0.814. The molecule has 5 nitrogen and oxygen atoms in total. The van der Waals surface area contributed by atoms with E-state index in [9.17, 15) is 9.90 Å². The van der Waals surface area contributed by atoms with Crippen molar-refractivity contribution in [1.82, 2.24) is 4.90 Å². The van der Waals surface area contributed by atoms with Crippen molar-refractivity contribution in [2.24, 2.45) is 5.73 Å². The van der Waals surface area contributed by atoms with E-state index >= 15 is 0 Å². The van der Waals surface area contributed by atoms with Gasteiger partial charge in [0, 0.05) is 12.6 Å². The third kappa shape index (κ3) is 3.72. The molecule has 1 fully saturated rings. The fraction of sp³-hybridized carbons (Fsp3) is 0.467. The monoisotopic (exact) mass is 273 g/mol. The minimum absolute atomic E-state index is 0.0872. The highest BCUT2D eigenvalue weighted by molar-refractivity contribution is 5.82. The number of amides is 1. The molecule has 0 aromatic heterocycles. The normalized spacial score (nSPS) is 15.4. The van der Waals surface area contributed by atoms with E-state index in [4.69, 9.17) is 11.0 Å². The molecule has 106 valence electrons. The van der Waals surface area contributed by atoms with E-state index in [1.165, 1.54) is 0 Å². The second kappa shape index (κ2) is 6.40. The molecule has 1 atom stereocenters. The van der Waals surface area contributed by atoms with Gasteiger partial charge in [0.05, 0.1) is 18.5 Å². The van der Waals surface area contributed by atoms with E-state index in [0.29, 0.717) is 19.4 Å². The number of benzene rings is 1. The van der Waals surface area contributed by atoms with Crippen molar-refractivity contribution in [2.45, 2.75) is 37.8 Å². The number of carbonyl (C=O) groups is 1. The van der Waals surface area contributed by atoms with Crippen LogP contribution in [0.2, 0.25) is 0 Å². The molecule has 0 spiro atoms. The molecule has 3 N–H and O–H groups in total. The predicted octanol–water partition coefficient (Wildman–Crippen LogP) is 1.17. The molecule has 1 amide bonds. The van der Waals surface area contributed by atoms with Crippen molar-refractivity contribution < 1.29 is 9.90 Å². The maximum Gasteiger partial charge on any atom is 0.240 e. The number of nitrogens with two attached hydrogens (primary N) is 1. The number of nitriles is 1. The Bertz CT molecular complexity index is 503. The fourth-order valence-electron chi connectivity index (χ4n) is 2.22. The third-order valence-electron chi connectivity index (χ3n) is 3.44. The fourth-order valence-corrected chi connectivity index (χ4v) is 2.22. The van der Waals surface area contributed by atoms with E-state index in [1.807, 2.05) is 0 Å². The number of phenols is 1. The van der Waals surface area contributed by atoms with Crippen LogP contribution in [-0.2, 0) is 11.2 Å². The van der Waals surface area contributed by atoms with Gasteiger partial charge in [-0.2, -0.15) is 5.26 Å². The second-order valence-electron chi connectivity index (χ2n) is 5.15. The van der Waals surface area contributed by atoms with Crippen molar-refractivity contribution in [1.29, 1.82) is 5.26 Å². The highest BCUT2D eigenvalue weighted by Gasteiger charge is 2.34. The van der Waals surface area contributed by atoms with Gasteiger partial charge in [0.2, 0.25) is 5.91 Å². The van der Waals surface area contributed by atoms with Gasteiger partial charge in [-0.3, -0.25) is 4.79 Å². The average Bonchev–Trinajstić information content (AvgIpc) is 3.26. The molecule has 1 aliphatic rings. The van der Waals surface area contributed by atoms with E-state index in [0.717, 1.165) is 18.4 Å². The maximum atomic E-state index is 12.3. The average molecular weight is 273 g/mol. The number of aromatic hydroxyl groups is 1. The Labute approximate surface area is 118 Å². The standard InChI is InChI=1S/C15H19N3O2/c16-8-1-9-18(12-4-5-12)15(20)14(17)10-11-2-6-13(19)7-3-11/h2-3,6-7,12,14,19H,1,4-5,9-10,17H2. The van der Waals surface area contributed by atoms with Crippen LogP contribution in [0.3, 0.4) is 0 Å². The van der Waals surface area contributed by atoms with Crippen LogP contribution in [0.25, 0.3) is 0 Å². The van der Waals surface area contributed by atoms with Crippen LogP contribution in [0.4, 0.5) is 0 Å². The molecular weight excluding hydrogens is 254 g/mol. The molecule has 1 aromatic carbocycles. The van der Waals surface area contributed by atoms with Gasteiger partial charge in [-0.15, -0.1) is 0 Å². The van der Waals surface area contributed by atoms with Crippen molar-refractivity contribution in [2.75, 3.05) is 6.54 Å². The van der Waals surface area contributed by atoms with Gasteiger partial charge in [-0.1, -0.05) is 12.1 Å². The van der Waals surface area contributed by atoms with Gasteiger partial charge >= 0.3 is 0 Å². The van der Waals surface area contributed by atoms with Gasteiger partial charge in [0.25, 0.3) is 0 Å². The Morgan fingerprint density at radius 3 is 2.65 bits per heavy atom. The number of rotatable bonds is 6. The molecule has 2 rings (SSSR count). The lowest BCUT2D eigenvalue weighted by Gasteiger charge is -2.24. The molecule has 1 unspecified atom stereocenters. The zero-order valence-electron chi connectivity index (χ0n) is 11.3. The van der Waals surface area contributed by atoms with Crippen LogP contribution >= 0.6 is 0 Å². The molecule has 20 heavy (non-hydrogen) atoms. The Kier molecular flexibility index (Phi) is 4.59. The highest BCUT2D eigenvalue weighted by atomic mass is 16.3. The topological polar surface area (TPSA) is 90.4 Å². The first-order valence-corrected chi connectivity index (χ1v) is 6.82. The van der Waals surface area contributed by atoms with Gasteiger partial charge in [-0.05, 0) is 37.0 Å². The maximum absolute atomic E-state index is 12.3. The Morgan fingerprint density at radius 2 is 2.10 bits per heavy atom. The molecule has 1 aliphatic carbocycles. The summed E-state index contributed by atoms with van der Waals surface area (Å²) >= 11 is 0. The van der Waals surface area contributed by atoms with E-state index in [1.54, 1.807) is 29.2 Å². The Balaban J connectivity index is 1.96. The SMILES string of the molecule is N#CCCN(C(=O)C(N)Cc1ccc(O)cc1)C1CC1. The van der Waals surface area contributed by atoms with E-state index in [2.05, 4.69) is 6.07 Å². The van der Waals surface area contributed by atoms with Crippen LogP contribution in [0.5, 0.6) is 5.75 Å². The van der Waals surface area contributed by atoms with Crippen molar-refractivity contribution >= 4 is 5.91 Å². The predicted molar refractivity (Wildman–Crippen MR) is 74.8 cm³/mol. The van der Waals surface area contributed by atoms with E-state index in [-0.39, 0.29) is 17.7 Å². The van der Waals surface area contributed by atoms with Crippen LogP contribution < -0.4 is 5.73 Å². The minimum atomic E-state index is -0.598. The number of carbonyl (C=O) groups excluding carboxylic acids is 1. The first-order chi connectivity index (χ1) is 9.61. The smallest absolute Gasteiger partial charge is 0.240 e. The van der Waals surface area contributed by atoms with Gasteiger partial charge in [0.15, 0.2) is 0 Å². The molecule has 1 saturated carbocycles. The van der Waals surface area contributed by atoms with Gasteiger partial charge in [-0.25, -0.2) is 0 Å². The Morgan fingerprint density at radius 1 is 1.45 bits per heavy atom. The zero-order chi connectivity index (χ0) is 14.5. The number of hydrogen-bond donors (Lipinski definition) is 2. The second-order valence-corrected chi connectivity index (χ2v) is 5.15. The molecule has 0 radical (unpaired) electrons. The van der Waals surface area contributed by atoms with Gasteiger partial charge < -0.3 is 15.7 Å². The van der Waals surface area contributed by atoms with Crippen LogP contribution in [0, 0.1) is 11.3 Å². The molecule has 0 bridgehead atoms.